The molecular formula is C11H24N2O. The molecule has 84 valence electrons. The molecule has 3 heteroatoms. The summed E-state index contributed by atoms with van der Waals surface area (Å²) in [6.45, 7) is 7.54. The maximum absolute atomic E-state index is 6.02. The number of nitrogens with zero attached hydrogens (tertiary/aromatic N) is 1. The molecule has 1 fully saturated rings. The van der Waals surface area contributed by atoms with Crippen molar-refractivity contribution in [2.24, 2.45) is 11.7 Å². The fourth-order valence-electron chi connectivity index (χ4n) is 2.41. The summed E-state index contributed by atoms with van der Waals surface area (Å²) in [6.07, 6.45) is 2.31. The summed E-state index contributed by atoms with van der Waals surface area (Å²) >= 11 is 0. The van der Waals surface area contributed by atoms with E-state index in [9.17, 15) is 0 Å². The lowest BCUT2D eigenvalue weighted by Crippen LogP contribution is -2.51. The lowest BCUT2D eigenvalue weighted by molar-refractivity contribution is 0.0538. The van der Waals surface area contributed by atoms with Crippen molar-refractivity contribution in [2.45, 2.75) is 38.8 Å². The van der Waals surface area contributed by atoms with E-state index in [-0.39, 0.29) is 0 Å². The van der Waals surface area contributed by atoms with Crippen molar-refractivity contribution in [3.8, 4) is 0 Å². The van der Waals surface area contributed by atoms with E-state index in [1.165, 1.54) is 13.0 Å². The average molecular weight is 200 g/mol. The third-order valence-corrected chi connectivity index (χ3v) is 3.07. The predicted octanol–water partition coefficient (Wildman–Crippen LogP) is 1.08. The Bertz CT molecular complexity index is 153. The molecule has 3 nitrogen and oxygen atoms in total. The maximum Gasteiger partial charge on any atom is 0.0617 e. The minimum absolute atomic E-state index is 0.352. The van der Waals surface area contributed by atoms with Crippen molar-refractivity contribution >= 4 is 0 Å². The Morgan fingerprint density at radius 2 is 2.21 bits per heavy atom. The molecule has 1 saturated heterocycles. The molecule has 0 aliphatic carbocycles. The molecule has 0 bridgehead atoms. The molecule has 2 N–H and O–H groups in total. The quantitative estimate of drug-likeness (QED) is 0.738. The maximum atomic E-state index is 6.02. The highest BCUT2D eigenvalue weighted by atomic mass is 16.5. The van der Waals surface area contributed by atoms with Crippen molar-refractivity contribution in [1.29, 1.82) is 0 Å². The second-order valence-corrected chi connectivity index (χ2v) is 4.57. The van der Waals surface area contributed by atoms with Gasteiger partial charge in [0.25, 0.3) is 0 Å². The van der Waals surface area contributed by atoms with Crippen LogP contribution in [0.15, 0.2) is 0 Å². The van der Waals surface area contributed by atoms with Crippen molar-refractivity contribution in [2.75, 3.05) is 26.8 Å². The van der Waals surface area contributed by atoms with Gasteiger partial charge >= 0.3 is 0 Å². The number of ether oxygens (including phenoxy) is 1. The zero-order valence-electron chi connectivity index (χ0n) is 9.70. The second kappa shape index (κ2) is 5.69. The Labute approximate surface area is 87.6 Å². The summed E-state index contributed by atoms with van der Waals surface area (Å²) in [7, 11) is 1.77. The van der Waals surface area contributed by atoms with Gasteiger partial charge in [-0.1, -0.05) is 13.8 Å². The first kappa shape index (κ1) is 12.0. The second-order valence-electron chi connectivity index (χ2n) is 4.57. The molecule has 14 heavy (non-hydrogen) atoms. The normalized spacial score (nSPS) is 31.7. The molecule has 0 aromatic rings. The highest BCUT2D eigenvalue weighted by Gasteiger charge is 2.26. The molecule has 0 saturated carbocycles. The summed E-state index contributed by atoms with van der Waals surface area (Å²) in [5.41, 5.74) is 6.02. The van der Waals surface area contributed by atoms with Crippen LogP contribution in [0.4, 0.5) is 0 Å². The molecule has 0 aromatic heterocycles. The van der Waals surface area contributed by atoms with Crippen LogP contribution in [-0.4, -0.2) is 43.8 Å². The highest BCUT2D eigenvalue weighted by Crippen LogP contribution is 2.18. The summed E-state index contributed by atoms with van der Waals surface area (Å²) in [4.78, 5) is 2.49. The van der Waals surface area contributed by atoms with Crippen molar-refractivity contribution in [3.05, 3.63) is 0 Å². The fraction of sp³-hybridized carbons (Fsp3) is 1.00. The van der Waals surface area contributed by atoms with Crippen LogP contribution in [0.5, 0.6) is 0 Å². The topological polar surface area (TPSA) is 38.5 Å². The number of methoxy groups -OCH3 is 1. The molecule has 0 spiro atoms. The zero-order chi connectivity index (χ0) is 10.6. The van der Waals surface area contributed by atoms with E-state index in [2.05, 4.69) is 18.7 Å². The average Bonchev–Trinajstić information content (AvgIpc) is 2.12. The number of rotatable bonds is 4. The minimum atomic E-state index is 0.352. The van der Waals surface area contributed by atoms with Gasteiger partial charge in [0, 0.05) is 32.3 Å². The van der Waals surface area contributed by atoms with Gasteiger partial charge in [0.05, 0.1) is 6.61 Å². The molecule has 1 heterocycles. The van der Waals surface area contributed by atoms with Crippen LogP contribution in [0, 0.1) is 5.92 Å². The monoisotopic (exact) mass is 200 g/mol. The van der Waals surface area contributed by atoms with Crippen LogP contribution in [0.2, 0.25) is 0 Å². The third-order valence-electron chi connectivity index (χ3n) is 3.07. The van der Waals surface area contributed by atoms with Gasteiger partial charge in [0.2, 0.25) is 0 Å². The summed E-state index contributed by atoms with van der Waals surface area (Å²) in [6, 6.07) is 0.901. The van der Waals surface area contributed by atoms with Crippen LogP contribution in [0.25, 0.3) is 0 Å². The van der Waals surface area contributed by atoms with E-state index in [4.69, 9.17) is 10.5 Å². The Hall–Kier alpha value is -0.120. The number of hydrogen-bond donors (Lipinski definition) is 1. The van der Waals surface area contributed by atoms with Gasteiger partial charge in [-0.15, -0.1) is 0 Å². The first-order chi connectivity index (χ1) is 6.67. The van der Waals surface area contributed by atoms with Crippen molar-refractivity contribution < 1.29 is 4.74 Å². The molecule has 1 aliphatic rings. The highest BCUT2D eigenvalue weighted by molar-refractivity contribution is 4.83. The van der Waals surface area contributed by atoms with E-state index in [0.29, 0.717) is 12.1 Å². The molecule has 0 aromatic carbocycles. The van der Waals surface area contributed by atoms with E-state index < -0.39 is 0 Å². The van der Waals surface area contributed by atoms with Crippen LogP contribution < -0.4 is 5.73 Å². The van der Waals surface area contributed by atoms with Gasteiger partial charge in [0.15, 0.2) is 0 Å². The molecule has 1 aliphatic heterocycles. The van der Waals surface area contributed by atoms with Gasteiger partial charge in [-0.25, -0.2) is 0 Å². The minimum Gasteiger partial charge on any atom is -0.383 e. The number of nitrogens with two attached hydrogens (primary N) is 1. The Balaban J connectivity index is 2.47. The fourth-order valence-corrected chi connectivity index (χ4v) is 2.41. The predicted molar refractivity (Wildman–Crippen MR) is 59.3 cm³/mol. The number of piperidine rings is 1. The third kappa shape index (κ3) is 3.23. The van der Waals surface area contributed by atoms with Crippen LogP contribution in [0.3, 0.4) is 0 Å². The SMILES string of the molecule is CCC(COC)N1CC(C)CC(N)C1. The van der Waals surface area contributed by atoms with Crippen LogP contribution in [0.1, 0.15) is 26.7 Å². The lowest BCUT2D eigenvalue weighted by Gasteiger charge is -2.39. The van der Waals surface area contributed by atoms with Crippen molar-refractivity contribution in [1.82, 2.24) is 4.90 Å². The molecule has 0 amide bonds. The number of hydrogen-bond acceptors (Lipinski definition) is 3. The standard InChI is InChI=1S/C11H24N2O/c1-4-11(8-14-3)13-6-9(2)5-10(12)7-13/h9-11H,4-8,12H2,1-3H3. The Kier molecular flexibility index (Phi) is 4.85. The molecule has 3 unspecified atom stereocenters. The van der Waals surface area contributed by atoms with Gasteiger partial charge in [-0.3, -0.25) is 4.90 Å². The Morgan fingerprint density at radius 1 is 1.50 bits per heavy atom. The Morgan fingerprint density at radius 3 is 2.71 bits per heavy atom. The summed E-state index contributed by atoms with van der Waals surface area (Å²) in [5.74, 6) is 0.727. The lowest BCUT2D eigenvalue weighted by atomic mass is 9.95. The van der Waals surface area contributed by atoms with E-state index in [1.807, 2.05) is 0 Å². The molecular weight excluding hydrogens is 176 g/mol. The first-order valence-corrected chi connectivity index (χ1v) is 5.65. The van der Waals surface area contributed by atoms with Gasteiger partial charge in [-0.2, -0.15) is 0 Å². The number of likely N-dealkylation sites (tertiary alicyclic amines) is 1. The molecule has 0 radical (unpaired) electrons. The summed E-state index contributed by atoms with van der Waals surface area (Å²) < 4.78 is 5.24. The van der Waals surface area contributed by atoms with Gasteiger partial charge in [-0.05, 0) is 18.8 Å². The van der Waals surface area contributed by atoms with E-state index in [0.717, 1.165) is 25.5 Å². The molecule has 3 atom stereocenters. The largest absolute Gasteiger partial charge is 0.383 e. The van der Waals surface area contributed by atoms with Crippen LogP contribution in [-0.2, 0) is 4.74 Å². The van der Waals surface area contributed by atoms with Gasteiger partial charge in [0.1, 0.15) is 0 Å². The van der Waals surface area contributed by atoms with Crippen LogP contribution >= 0.6 is 0 Å². The smallest absolute Gasteiger partial charge is 0.0617 e. The summed E-state index contributed by atoms with van der Waals surface area (Å²) in [5, 5.41) is 0. The van der Waals surface area contributed by atoms with Gasteiger partial charge < -0.3 is 10.5 Å². The molecule has 1 rings (SSSR count). The zero-order valence-corrected chi connectivity index (χ0v) is 9.70. The van der Waals surface area contributed by atoms with E-state index >= 15 is 0 Å². The van der Waals surface area contributed by atoms with Crippen molar-refractivity contribution in [3.63, 3.8) is 0 Å². The van der Waals surface area contributed by atoms with E-state index in [1.54, 1.807) is 7.11 Å². The first-order valence-electron chi connectivity index (χ1n) is 5.65.